The predicted octanol–water partition coefficient (Wildman–Crippen LogP) is 3.45. The van der Waals surface area contributed by atoms with Crippen LogP contribution in [0, 0.1) is 0 Å². The first-order valence-electron chi connectivity index (χ1n) is 7.56. The molecule has 2 unspecified atom stereocenters. The molecule has 0 spiro atoms. The Morgan fingerprint density at radius 2 is 1.83 bits per heavy atom. The average molecular weight is 349 g/mol. The zero-order chi connectivity index (χ0) is 17.5. The normalized spacial score (nSPS) is 13.2. The number of anilines is 2. The third-order valence-electron chi connectivity index (χ3n) is 2.92. The molecule has 128 valence electrons. The first-order valence-corrected chi connectivity index (χ1v) is 8.54. The van der Waals surface area contributed by atoms with Crippen LogP contribution < -0.4 is 10.6 Å². The van der Waals surface area contributed by atoms with Gasteiger partial charge < -0.3 is 5.32 Å². The van der Waals surface area contributed by atoms with Crippen molar-refractivity contribution in [3.63, 3.8) is 0 Å². The summed E-state index contributed by atoms with van der Waals surface area (Å²) in [6.45, 7) is 4.66. The molecule has 2 rings (SSSR count). The van der Waals surface area contributed by atoms with Crippen LogP contribution in [0.2, 0.25) is 0 Å². The Hall–Kier alpha value is -2.22. The topological polar surface area (TPSA) is 79.8 Å². The van der Waals surface area contributed by atoms with E-state index in [0.29, 0.717) is 0 Å². The summed E-state index contributed by atoms with van der Waals surface area (Å²) in [5.41, 5.74) is 0. The highest BCUT2D eigenvalue weighted by molar-refractivity contribution is 7.99. The van der Waals surface area contributed by atoms with E-state index in [9.17, 15) is 9.18 Å². The number of carbonyl (C=O) groups is 1. The average Bonchev–Trinajstić information content (AvgIpc) is 2.53. The molecule has 0 saturated heterocycles. The number of thioether (sulfide) groups is 1. The Bertz CT molecular complexity index is 683. The summed E-state index contributed by atoms with van der Waals surface area (Å²) in [5.74, 6) is 0.736. The number of hydrogen-bond donors (Lipinski definition) is 2. The second-order valence-electron chi connectivity index (χ2n) is 5.31. The SMILES string of the molecule is CC(=O)Nc1nc(NC(C)CSc2ccccc2)nc(C(C)F)n1. The lowest BCUT2D eigenvalue weighted by molar-refractivity contribution is -0.114. The molecular weight excluding hydrogens is 329 g/mol. The van der Waals surface area contributed by atoms with Crippen LogP contribution in [0.25, 0.3) is 0 Å². The van der Waals surface area contributed by atoms with Crippen LogP contribution in [0.3, 0.4) is 0 Å². The maximum atomic E-state index is 13.5. The number of nitrogens with one attached hydrogen (secondary N) is 2. The van der Waals surface area contributed by atoms with Gasteiger partial charge in [-0.05, 0) is 26.0 Å². The lowest BCUT2D eigenvalue weighted by Crippen LogP contribution is -2.21. The fourth-order valence-corrected chi connectivity index (χ4v) is 2.72. The lowest BCUT2D eigenvalue weighted by atomic mass is 10.4. The third kappa shape index (κ3) is 5.77. The van der Waals surface area contributed by atoms with Gasteiger partial charge in [0.25, 0.3) is 0 Å². The van der Waals surface area contributed by atoms with E-state index in [1.807, 2.05) is 37.3 Å². The smallest absolute Gasteiger partial charge is 0.234 e. The van der Waals surface area contributed by atoms with Gasteiger partial charge in [0, 0.05) is 23.6 Å². The molecule has 0 saturated carbocycles. The number of rotatable bonds is 7. The summed E-state index contributed by atoms with van der Waals surface area (Å²) in [5, 5.41) is 5.58. The molecule has 0 aliphatic heterocycles. The molecule has 0 aliphatic rings. The van der Waals surface area contributed by atoms with Crippen LogP contribution in [0.1, 0.15) is 32.8 Å². The van der Waals surface area contributed by atoms with Gasteiger partial charge in [0.15, 0.2) is 12.0 Å². The van der Waals surface area contributed by atoms with Crippen molar-refractivity contribution in [1.82, 2.24) is 15.0 Å². The number of amides is 1. The van der Waals surface area contributed by atoms with Gasteiger partial charge in [-0.1, -0.05) is 18.2 Å². The van der Waals surface area contributed by atoms with E-state index >= 15 is 0 Å². The molecule has 2 atom stereocenters. The molecule has 6 nitrogen and oxygen atoms in total. The second kappa shape index (κ2) is 8.58. The second-order valence-corrected chi connectivity index (χ2v) is 6.40. The van der Waals surface area contributed by atoms with E-state index in [1.165, 1.54) is 18.7 Å². The van der Waals surface area contributed by atoms with Crippen molar-refractivity contribution in [2.24, 2.45) is 0 Å². The monoisotopic (exact) mass is 349 g/mol. The van der Waals surface area contributed by atoms with Crippen LogP contribution in [-0.2, 0) is 4.79 Å². The molecule has 2 aromatic rings. The van der Waals surface area contributed by atoms with Crippen molar-refractivity contribution in [1.29, 1.82) is 0 Å². The van der Waals surface area contributed by atoms with Gasteiger partial charge in [0.2, 0.25) is 17.8 Å². The van der Waals surface area contributed by atoms with Crippen LogP contribution >= 0.6 is 11.8 Å². The molecule has 1 amide bonds. The zero-order valence-electron chi connectivity index (χ0n) is 13.8. The molecule has 1 aromatic heterocycles. The summed E-state index contributed by atoms with van der Waals surface area (Å²) in [6, 6.07) is 10.1. The molecule has 0 fully saturated rings. The van der Waals surface area contributed by atoms with Crippen LogP contribution in [-0.4, -0.2) is 32.7 Å². The molecule has 1 heterocycles. The summed E-state index contributed by atoms with van der Waals surface area (Å²) in [4.78, 5) is 24.4. The molecule has 24 heavy (non-hydrogen) atoms. The van der Waals surface area contributed by atoms with E-state index in [2.05, 4.69) is 25.6 Å². The summed E-state index contributed by atoms with van der Waals surface area (Å²) in [7, 11) is 0. The Morgan fingerprint density at radius 3 is 2.46 bits per heavy atom. The van der Waals surface area contributed by atoms with Crippen LogP contribution in [0.5, 0.6) is 0 Å². The Balaban J connectivity index is 2.04. The van der Waals surface area contributed by atoms with Gasteiger partial charge in [-0.15, -0.1) is 11.8 Å². The van der Waals surface area contributed by atoms with Gasteiger partial charge in [-0.2, -0.15) is 15.0 Å². The molecule has 0 aliphatic carbocycles. The van der Waals surface area contributed by atoms with Gasteiger partial charge in [-0.25, -0.2) is 4.39 Å². The summed E-state index contributed by atoms with van der Waals surface area (Å²) >= 11 is 1.70. The number of alkyl halides is 1. The number of carbonyl (C=O) groups excluding carboxylic acids is 1. The Labute approximate surface area is 144 Å². The van der Waals surface area contributed by atoms with Crippen molar-refractivity contribution in [2.45, 2.75) is 37.9 Å². The Morgan fingerprint density at radius 1 is 1.17 bits per heavy atom. The van der Waals surface area contributed by atoms with E-state index in [-0.39, 0.29) is 29.7 Å². The molecule has 1 aromatic carbocycles. The molecule has 2 N–H and O–H groups in total. The maximum absolute atomic E-state index is 13.5. The first kappa shape index (κ1) is 18.1. The number of benzene rings is 1. The lowest BCUT2D eigenvalue weighted by Gasteiger charge is -2.15. The summed E-state index contributed by atoms with van der Waals surface area (Å²) < 4.78 is 13.5. The molecular formula is C16H20FN5OS. The van der Waals surface area contributed by atoms with Gasteiger partial charge in [0.1, 0.15) is 0 Å². The van der Waals surface area contributed by atoms with Crippen LogP contribution in [0.4, 0.5) is 16.3 Å². The van der Waals surface area contributed by atoms with Gasteiger partial charge in [-0.3, -0.25) is 10.1 Å². The van der Waals surface area contributed by atoms with Crippen molar-refractivity contribution in [3.05, 3.63) is 36.2 Å². The van der Waals surface area contributed by atoms with E-state index in [1.54, 1.807) is 11.8 Å². The van der Waals surface area contributed by atoms with Crippen molar-refractivity contribution >= 4 is 29.6 Å². The number of halogens is 1. The minimum absolute atomic E-state index is 0.0147. The zero-order valence-corrected chi connectivity index (χ0v) is 14.6. The maximum Gasteiger partial charge on any atom is 0.234 e. The highest BCUT2D eigenvalue weighted by Gasteiger charge is 2.14. The minimum Gasteiger partial charge on any atom is -0.351 e. The highest BCUT2D eigenvalue weighted by atomic mass is 32.2. The minimum atomic E-state index is -1.35. The van der Waals surface area contributed by atoms with Crippen molar-refractivity contribution in [2.75, 3.05) is 16.4 Å². The van der Waals surface area contributed by atoms with Gasteiger partial charge in [0.05, 0.1) is 0 Å². The van der Waals surface area contributed by atoms with Crippen molar-refractivity contribution in [3.8, 4) is 0 Å². The fourth-order valence-electron chi connectivity index (χ4n) is 1.85. The highest BCUT2D eigenvalue weighted by Crippen LogP contribution is 2.20. The predicted molar refractivity (Wildman–Crippen MR) is 93.9 cm³/mol. The molecule has 8 heteroatoms. The van der Waals surface area contributed by atoms with Gasteiger partial charge >= 0.3 is 0 Å². The van der Waals surface area contributed by atoms with Crippen LogP contribution in [0.15, 0.2) is 35.2 Å². The molecule has 0 radical (unpaired) electrons. The number of aromatic nitrogens is 3. The quantitative estimate of drug-likeness (QED) is 0.745. The van der Waals surface area contributed by atoms with E-state index < -0.39 is 6.17 Å². The summed E-state index contributed by atoms with van der Waals surface area (Å²) in [6.07, 6.45) is -1.35. The standard InChI is InChI=1S/C16H20FN5OS/c1-10(9-24-13-7-5-4-6-8-13)18-15-20-14(11(2)17)21-16(22-15)19-12(3)23/h4-8,10-11H,9H2,1-3H3,(H2,18,19,20,21,22,23). The molecule has 0 bridgehead atoms. The number of nitrogens with zero attached hydrogens (tertiary/aromatic N) is 3. The Kier molecular flexibility index (Phi) is 6.48. The van der Waals surface area contributed by atoms with E-state index in [0.717, 1.165) is 5.75 Å². The van der Waals surface area contributed by atoms with E-state index in [4.69, 9.17) is 0 Å². The fraction of sp³-hybridized carbons (Fsp3) is 0.375. The first-order chi connectivity index (χ1) is 11.4. The largest absolute Gasteiger partial charge is 0.351 e. The number of hydrogen-bond acceptors (Lipinski definition) is 6. The van der Waals surface area contributed by atoms with Crippen molar-refractivity contribution < 1.29 is 9.18 Å². The third-order valence-corrected chi connectivity index (χ3v) is 4.19.